The molecule has 0 saturated carbocycles. The fourth-order valence-corrected chi connectivity index (χ4v) is 1.22. The lowest BCUT2D eigenvalue weighted by Gasteiger charge is -2.26. The minimum Gasteiger partial charge on any atom is -0.481 e. The first kappa shape index (κ1) is 14.3. The van der Waals surface area contributed by atoms with Crippen LogP contribution in [0.2, 0.25) is 0 Å². The SMILES string of the molecule is C#CCNC(=O)N(CCCC(=O)O)C(C)C. The van der Waals surface area contributed by atoms with Crippen molar-refractivity contribution in [2.45, 2.75) is 32.7 Å². The van der Waals surface area contributed by atoms with Crippen LogP contribution in [-0.4, -0.2) is 41.1 Å². The predicted octanol–water partition coefficient (Wildman–Crippen LogP) is 0.904. The second kappa shape index (κ2) is 7.57. The summed E-state index contributed by atoms with van der Waals surface area (Å²) in [5.74, 6) is 1.46. The van der Waals surface area contributed by atoms with Crippen LogP contribution in [0.1, 0.15) is 26.7 Å². The molecule has 0 radical (unpaired) electrons. The Bertz CT molecular complexity index is 281. The first-order valence-corrected chi connectivity index (χ1v) is 5.18. The lowest BCUT2D eigenvalue weighted by atomic mass is 10.2. The molecule has 0 spiro atoms. The number of amides is 2. The lowest BCUT2D eigenvalue weighted by Crippen LogP contribution is -2.44. The normalized spacial score (nSPS) is 9.62. The van der Waals surface area contributed by atoms with Crippen LogP contribution < -0.4 is 5.32 Å². The number of carboxylic acid groups (broad SMARTS) is 1. The number of rotatable bonds is 6. The van der Waals surface area contributed by atoms with E-state index in [2.05, 4.69) is 11.2 Å². The highest BCUT2D eigenvalue weighted by Gasteiger charge is 2.15. The van der Waals surface area contributed by atoms with Gasteiger partial charge in [-0.05, 0) is 20.3 Å². The molecule has 5 heteroatoms. The number of urea groups is 1. The van der Waals surface area contributed by atoms with E-state index in [0.29, 0.717) is 13.0 Å². The fraction of sp³-hybridized carbons (Fsp3) is 0.636. The van der Waals surface area contributed by atoms with Crippen molar-refractivity contribution < 1.29 is 14.7 Å². The Kier molecular flexibility index (Phi) is 6.77. The largest absolute Gasteiger partial charge is 0.481 e. The summed E-state index contributed by atoms with van der Waals surface area (Å²) >= 11 is 0. The van der Waals surface area contributed by atoms with E-state index < -0.39 is 5.97 Å². The minimum absolute atomic E-state index is 0.0200. The summed E-state index contributed by atoms with van der Waals surface area (Å²) in [6.07, 6.45) is 5.53. The van der Waals surface area contributed by atoms with E-state index in [1.807, 2.05) is 13.8 Å². The highest BCUT2D eigenvalue weighted by molar-refractivity contribution is 5.74. The summed E-state index contributed by atoms with van der Waals surface area (Å²) in [5, 5.41) is 11.1. The smallest absolute Gasteiger partial charge is 0.318 e. The molecule has 2 N–H and O–H groups in total. The van der Waals surface area contributed by atoms with Crippen LogP contribution in [0.4, 0.5) is 4.79 Å². The van der Waals surface area contributed by atoms with E-state index in [1.165, 1.54) is 0 Å². The standard InChI is InChI=1S/C11H18N2O3/c1-4-7-12-11(16)13(9(2)3)8-5-6-10(14)15/h1,9H,5-8H2,2-3H3,(H,12,16)(H,14,15). The van der Waals surface area contributed by atoms with Gasteiger partial charge in [-0.3, -0.25) is 4.79 Å². The average molecular weight is 226 g/mol. The zero-order valence-corrected chi connectivity index (χ0v) is 9.69. The van der Waals surface area contributed by atoms with Crippen molar-refractivity contribution in [2.75, 3.05) is 13.1 Å². The van der Waals surface area contributed by atoms with Crippen LogP contribution in [0.3, 0.4) is 0 Å². The summed E-state index contributed by atoms with van der Waals surface area (Å²) in [6, 6.07) is -0.232. The van der Waals surface area contributed by atoms with Crippen LogP contribution in [0.25, 0.3) is 0 Å². The first-order chi connectivity index (χ1) is 7.49. The zero-order valence-electron chi connectivity index (χ0n) is 9.69. The van der Waals surface area contributed by atoms with Crippen molar-refractivity contribution >= 4 is 12.0 Å². The summed E-state index contributed by atoms with van der Waals surface area (Å²) in [5.41, 5.74) is 0. The maximum absolute atomic E-state index is 11.6. The molecule has 0 aromatic carbocycles. The quantitative estimate of drug-likeness (QED) is 0.661. The van der Waals surface area contributed by atoms with Crippen LogP contribution in [-0.2, 0) is 4.79 Å². The number of aliphatic carboxylic acids is 1. The van der Waals surface area contributed by atoms with Gasteiger partial charge in [-0.25, -0.2) is 4.79 Å². The molecule has 0 aromatic heterocycles. The summed E-state index contributed by atoms with van der Waals surface area (Å²) in [7, 11) is 0. The van der Waals surface area contributed by atoms with Gasteiger partial charge >= 0.3 is 12.0 Å². The van der Waals surface area contributed by atoms with Crippen molar-refractivity contribution in [3.63, 3.8) is 0 Å². The topological polar surface area (TPSA) is 69.6 Å². The van der Waals surface area contributed by atoms with Gasteiger partial charge in [0.25, 0.3) is 0 Å². The number of carbonyl (C=O) groups is 2. The zero-order chi connectivity index (χ0) is 12.6. The van der Waals surface area contributed by atoms with Crippen molar-refractivity contribution in [3.8, 4) is 12.3 Å². The Morgan fingerprint density at radius 3 is 2.56 bits per heavy atom. The van der Waals surface area contributed by atoms with E-state index in [0.717, 1.165) is 0 Å². The van der Waals surface area contributed by atoms with Gasteiger partial charge in [0.1, 0.15) is 0 Å². The van der Waals surface area contributed by atoms with Gasteiger partial charge in [-0.15, -0.1) is 6.42 Å². The van der Waals surface area contributed by atoms with Crippen molar-refractivity contribution in [3.05, 3.63) is 0 Å². The van der Waals surface area contributed by atoms with E-state index in [4.69, 9.17) is 11.5 Å². The van der Waals surface area contributed by atoms with E-state index >= 15 is 0 Å². The molecule has 90 valence electrons. The molecule has 0 fully saturated rings. The molecule has 16 heavy (non-hydrogen) atoms. The molecule has 0 aliphatic heterocycles. The lowest BCUT2D eigenvalue weighted by molar-refractivity contribution is -0.137. The number of carboxylic acids is 1. The third-order valence-electron chi connectivity index (χ3n) is 2.02. The molecule has 2 amide bonds. The van der Waals surface area contributed by atoms with Gasteiger partial charge < -0.3 is 15.3 Å². The van der Waals surface area contributed by atoms with Crippen LogP contribution in [0.15, 0.2) is 0 Å². The third kappa shape index (κ3) is 5.91. The average Bonchev–Trinajstić information content (AvgIpc) is 2.20. The minimum atomic E-state index is -0.854. The van der Waals surface area contributed by atoms with Gasteiger partial charge in [0.05, 0.1) is 6.54 Å². The molecule has 0 aliphatic carbocycles. The predicted molar refractivity (Wildman–Crippen MR) is 60.9 cm³/mol. The van der Waals surface area contributed by atoms with Crippen molar-refractivity contribution in [2.24, 2.45) is 0 Å². The van der Waals surface area contributed by atoms with E-state index in [9.17, 15) is 9.59 Å². The summed E-state index contributed by atoms with van der Waals surface area (Å²) < 4.78 is 0. The maximum atomic E-state index is 11.6. The molecular formula is C11H18N2O3. The van der Waals surface area contributed by atoms with Gasteiger partial charge in [0.15, 0.2) is 0 Å². The van der Waals surface area contributed by atoms with Crippen molar-refractivity contribution in [1.82, 2.24) is 10.2 Å². The molecule has 0 heterocycles. The number of hydrogen-bond acceptors (Lipinski definition) is 2. The number of hydrogen-bond donors (Lipinski definition) is 2. The molecule has 5 nitrogen and oxygen atoms in total. The highest BCUT2D eigenvalue weighted by atomic mass is 16.4. The molecule has 0 rings (SSSR count). The first-order valence-electron chi connectivity index (χ1n) is 5.18. The molecule has 0 aliphatic rings. The number of terminal acetylenes is 1. The Morgan fingerprint density at radius 2 is 2.12 bits per heavy atom. The second-order valence-electron chi connectivity index (χ2n) is 3.65. The maximum Gasteiger partial charge on any atom is 0.318 e. The van der Waals surface area contributed by atoms with Gasteiger partial charge in [-0.1, -0.05) is 5.92 Å². The second-order valence-corrected chi connectivity index (χ2v) is 3.65. The highest BCUT2D eigenvalue weighted by Crippen LogP contribution is 2.02. The van der Waals surface area contributed by atoms with Gasteiger partial charge in [0.2, 0.25) is 0 Å². The third-order valence-corrected chi connectivity index (χ3v) is 2.02. The summed E-state index contributed by atoms with van der Waals surface area (Å²) in [4.78, 5) is 23.5. The molecule has 0 unspecified atom stereocenters. The summed E-state index contributed by atoms with van der Waals surface area (Å²) in [6.45, 7) is 4.34. The molecular weight excluding hydrogens is 208 g/mol. The Morgan fingerprint density at radius 1 is 1.50 bits per heavy atom. The fourth-order valence-electron chi connectivity index (χ4n) is 1.22. The number of nitrogens with zero attached hydrogens (tertiary/aromatic N) is 1. The van der Waals surface area contributed by atoms with Crippen LogP contribution in [0, 0.1) is 12.3 Å². The Labute approximate surface area is 95.8 Å². The molecule has 0 bridgehead atoms. The van der Waals surface area contributed by atoms with Crippen LogP contribution in [0.5, 0.6) is 0 Å². The Hall–Kier alpha value is -1.70. The van der Waals surface area contributed by atoms with Gasteiger partial charge in [0, 0.05) is 19.0 Å². The van der Waals surface area contributed by atoms with E-state index in [1.54, 1.807) is 4.90 Å². The van der Waals surface area contributed by atoms with Gasteiger partial charge in [-0.2, -0.15) is 0 Å². The molecule has 0 saturated heterocycles. The molecule has 0 atom stereocenters. The van der Waals surface area contributed by atoms with E-state index in [-0.39, 0.29) is 25.0 Å². The van der Waals surface area contributed by atoms with Crippen molar-refractivity contribution in [1.29, 1.82) is 0 Å². The molecule has 0 aromatic rings. The Balaban J connectivity index is 4.12. The van der Waals surface area contributed by atoms with Crippen LogP contribution >= 0.6 is 0 Å². The number of nitrogens with one attached hydrogen (secondary N) is 1. The number of carbonyl (C=O) groups excluding carboxylic acids is 1. The monoisotopic (exact) mass is 226 g/mol.